The van der Waals surface area contributed by atoms with Gasteiger partial charge in [0.1, 0.15) is 17.9 Å². The summed E-state index contributed by atoms with van der Waals surface area (Å²) < 4.78 is 0. The molecule has 50 heavy (non-hydrogen) atoms. The molecule has 1 aromatic rings. The fraction of sp³-hybridized carbons (Fsp3) is 0.737. The van der Waals surface area contributed by atoms with Crippen LogP contribution in [-0.4, -0.2) is 76.7 Å². The van der Waals surface area contributed by atoms with E-state index in [1.54, 1.807) is 11.1 Å². The van der Waals surface area contributed by atoms with E-state index < -0.39 is 47.2 Å². The van der Waals surface area contributed by atoms with Gasteiger partial charge in [-0.05, 0) is 65.4 Å². The van der Waals surface area contributed by atoms with Crippen molar-refractivity contribution in [2.75, 3.05) is 18.4 Å². The van der Waals surface area contributed by atoms with Gasteiger partial charge < -0.3 is 31.9 Å². The lowest BCUT2D eigenvalue weighted by Gasteiger charge is -2.37. The molecule has 4 fully saturated rings. The van der Waals surface area contributed by atoms with Crippen LogP contribution in [0.25, 0.3) is 0 Å². The summed E-state index contributed by atoms with van der Waals surface area (Å²) in [6.45, 7) is 17.1. The number of Topliss-reactive ketones (excluding diaryl/α,β-unsaturated/α-hetero) is 1. The number of hydrogen-bond donors (Lipinski definition) is 5. The number of amides is 5. The highest BCUT2D eigenvalue weighted by Crippen LogP contribution is 2.88. The lowest BCUT2D eigenvalue weighted by molar-refractivity contribution is -0.143. The minimum Gasteiger partial charge on any atom is -0.368 e. The van der Waals surface area contributed by atoms with Crippen molar-refractivity contribution in [2.45, 2.75) is 131 Å². The number of nitrogens with zero attached hydrogens (tertiary/aromatic N) is 2. The molecule has 5 atom stereocenters. The first-order valence-electron chi connectivity index (χ1n) is 18.4. The molecule has 12 nitrogen and oxygen atoms in total. The monoisotopic (exact) mass is 693 g/mol. The second-order valence-corrected chi connectivity index (χ2v) is 18.1. The molecule has 6 N–H and O–H groups in total. The third-order valence-corrected chi connectivity index (χ3v) is 13.0. The highest BCUT2D eigenvalue weighted by Gasteiger charge is 2.85. The number of carbonyl (C=O) groups is 5. The minimum atomic E-state index is -1.08. The second kappa shape index (κ2) is 13.5. The van der Waals surface area contributed by atoms with Crippen molar-refractivity contribution >= 4 is 35.4 Å². The zero-order valence-electron chi connectivity index (χ0n) is 31.3. The third kappa shape index (κ3) is 6.83. The van der Waals surface area contributed by atoms with E-state index in [0.717, 1.165) is 38.5 Å². The number of carbonyl (C=O) groups excluding carboxylic acids is 5. The summed E-state index contributed by atoms with van der Waals surface area (Å²) in [6.07, 6.45) is 8.64. The summed E-state index contributed by atoms with van der Waals surface area (Å²) in [4.78, 5) is 73.6. The molecule has 0 aromatic carbocycles. The molecule has 1 aliphatic heterocycles. The Bertz CT molecular complexity index is 1470. The Morgan fingerprint density at radius 1 is 0.940 bits per heavy atom. The molecule has 2 spiro atoms. The highest BCUT2D eigenvalue weighted by atomic mass is 16.2. The van der Waals surface area contributed by atoms with Gasteiger partial charge in [-0.3, -0.25) is 19.2 Å². The quantitative estimate of drug-likeness (QED) is 0.204. The Labute approximate surface area is 297 Å². The number of nitrogens with one attached hydrogen (secondary N) is 4. The van der Waals surface area contributed by atoms with Gasteiger partial charge >= 0.3 is 6.03 Å². The van der Waals surface area contributed by atoms with Gasteiger partial charge in [-0.2, -0.15) is 0 Å². The van der Waals surface area contributed by atoms with Crippen molar-refractivity contribution < 1.29 is 24.0 Å². The van der Waals surface area contributed by atoms with Crippen LogP contribution in [0.3, 0.4) is 0 Å². The smallest absolute Gasteiger partial charge is 0.315 e. The zero-order valence-corrected chi connectivity index (χ0v) is 31.3. The molecule has 3 unspecified atom stereocenters. The normalized spacial score (nSPS) is 25.4. The van der Waals surface area contributed by atoms with Crippen molar-refractivity contribution in [3.05, 3.63) is 24.4 Å². The standard InChI is InChI=1S/C38H59N7O5/c1-34(2,3)26(21-41-27-15-9-10-18-40-27)43-33(50)44-29(35(4,5)6)32(49)45-22-38(36(7,8)37(38)16-12-17-37)20-25(45)31(48)42-24(28(46)30(39)47)19-23-13-11-14-23/h9-10,15,18,23-26,29H,11-14,16-17,19-22H2,1-8H3,(H2,39,47)(H,40,41)(H,42,48)(H2,43,44,50)/t24?,25-,26?,29+,38?/m0/s1. The van der Waals surface area contributed by atoms with Crippen LogP contribution in [0.1, 0.15) is 107 Å². The maximum atomic E-state index is 14.8. The fourth-order valence-electron chi connectivity index (χ4n) is 9.19. The van der Waals surface area contributed by atoms with Crippen molar-refractivity contribution in [1.29, 1.82) is 0 Å². The number of aromatic nitrogens is 1. The van der Waals surface area contributed by atoms with Crippen LogP contribution >= 0.6 is 0 Å². The molecule has 12 heteroatoms. The Balaban J connectivity index is 1.38. The maximum Gasteiger partial charge on any atom is 0.315 e. The summed E-state index contributed by atoms with van der Waals surface area (Å²) in [6, 6.07) is 1.96. The second-order valence-electron chi connectivity index (χ2n) is 18.1. The Kier molecular flexibility index (Phi) is 10.1. The van der Waals surface area contributed by atoms with Crippen molar-refractivity contribution in [3.8, 4) is 0 Å². The molecule has 0 radical (unpaired) electrons. The van der Waals surface area contributed by atoms with Gasteiger partial charge in [-0.1, -0.05) is 87.1 Å². The summed E-state index contributed by atoms with van der Waals surface area (Å²) in [5.41, 5.74) is 4.10. The molecular weight excluding hydrogens is 634 g/mol. The van der Waals surface area contributed by atoms with Crippen LogP contribution in [0, 0.1) is 33.0 Å². The van der Waals surface area contributed by atoms with Crippen LogP contribution in [0.4, 0.5) is 10.6 Å². The third-order valence-electron chi connectivity index (χ3n) is 13.0. The first kappa shape index (κ1) is 37.6. The summed E-state index contributed by atoms with van der Waals surface area (Å²) >= 11 is 0. The van der Waals surface area contributed by atoms with Gasteiger partial charge in [0.2, 0.25) is 17.6 Å². The van der Waals surface area contributed by atoms with Crippen LogP contribution < -0.4 is 27.0 Å². The topological polar surface area (TPSA) is 176 Å². The van der Waals surface area contributed by atoms with Gasteiger partial charge in [0.25, 0.3) is 5.91 Å². The maximum absolute atomic E-state index is 14.8. The number of fused-ring (bicyclic) bond motifs is 1. The van der Waals surface area contributed by atoms with E-state index in [1.807, 2.05) is 59.7 Å². The van der Waals surface area contributed by atoms with Gasteiger partial charge in [0.15, 0.2) is 0 Å². The summed E-state index contributed by atoms with van der Waals surface area (Å²) in [7, 11) is 0. The van der Waals surface area contributed by atoms with E-state index in [9.17, 15) is 24.0 Å². The van der Waals surface area contributed by atoms with Gasteiger partial charge in [0.05, 0.1) is 12.1 Å². The molecule has 1 saturated heterocycles. The number of nitrogens with two attached hydrogens (primary N) is 1. The number of primary amides is 1. The van der Waals surface area contributed by atoms with Crippen LogP contribution in [0.15, 0.2) is 24.4 Å². The van der Waals surface area contributed by atoms with Crippen molar-refractivity contribution in [2.24, 2.45) is 38.7 Å². The highest BCUT2D eigenvalue weighted by molar-refractivity contribution is 6.37. The number of ketones is 1. The zero-order chi connectivity index (χ0) is 36.9. The molecule has 5 rings (SSSR count). The Morgan fingerprint density at radius 3 is 2.10 bits per heavy atom. The molecule has 5 amide bonds. The minimum absolute atomic E-state index is 0.0461. The van der Waals surface area contributed by atoms with Gasteiger partial charge in [0, 0.05) is 24.7 Å². The Hall–Kier alpha value is -3.70. The lowest BCUT2D eigenvalue weighted by Crippen LogP contribution is -2.61. The molecule has 1 aromatic heterocycles. The number of rotatable bonds is 12. The van der Waals surface area contributed by atoms with Crippen LogP contribution in [0.2, 0.25) is 0 Å². The largest absolute Gasteiger partial charge is 0.368 e. The predicted octanol–water partition coefficient (Wildman–Crippen LogP) is 4.15. The SMILES string of the molecule is CC(C)(C)C(CNc1ccccn1)NC(=O)N[C@H](C(=O)N1CC2(C[C@H]1C(=O)NC(CC1CCC1)C(=O)C(N)=O)C(C)(C)C21CCC1)C(C)(C)C. The number of hydrogen-bond acceptors (Lipinski definition) is 7. The van der Waals surface area contributed by atoms with Gasteiger partial charge in [-0.25, -0.2) is 9.78 Å². The Morgan fingerprint density at radius 2 is 1.62 bits per heavy atom. The predicted molar refractivity (Wildman–Crippen MR) is 192 cm³/mol. The first-order chi connectivity index (χ1) is 23.2. The van der Waals surface area contributed by atoms with E-state index in [-0.39, 0.29) is 39.5 Å². The molecule has 2 heterocycles. The molecule has 3 aliphatic carbocycles. The lowest BCUT2D eigenvalue weighted by atomic mass is 9.73. The number of pyridine rings is 1. The van der Waals surface area contributed by atoms with E-state index >= 15 is 0 Å². The van der Waals surface area contributed by atoms with Crippen LogP contribution in [-0.2, 0) is 19.2 Å². The van der Waals surface area contributed by atoms with E-state index in [0.29, 0.717) is 31.7 Å². The van der Waals surface area contributed by atoms with Crippen molar-refractivity contribution in [1.82, 2.24) is 25.8 Å². The average Bonchev–Trinajstić information content (AvgIpc) is 3.21. The summed E-state index contributed by atoms with van der Waals surface area (Å²) in [5.74, 6) is -1.74. The van der Waals surface area contributed by atoms with Gasteiger partial charge in [-0.15, -0.1) is 0 Å². The van der Waals surface area contributed by atoms with Crippen molar-refractivity contribution in [3.63, 3.8) is 0 Å². The van der Waals surface area contributed by atoms with E-state index in [1.165, 1.54) is 0 Å². The molecule has 0 bridgehead atoms. The summed E-state index contributed by atoms with van der Waals surface area (Å²) in [5, 5.41) is 12.2. The average molecular weight is 694 g/mol. The molecule has 276 valence electrons. The van der Waals surface area contributed by atoms with E-state index in [4.69, 9.17) is 5.73 Å². The van der Waals surface area contributed by atoms with E-state index in [2.05, 4.69) is 40.1 Å². The van der Waals surface area contributed by atoms with Crippen LogP contribution in [0.5, 0.6) is 0 Å². The molecule has 4 aliphatic rings. The molecular formula is C38H59N7O5. The number of likely N-dealkylation sites (tertiary alicyclic amines) is 1. The fourth-order valence-corrected chi connectivity index (χ4v) is 9.19. The first-order valence-corrected chi connectivity index (χ1v) is 18.4. The molecule has 3 saturated carbocycles. The number of urea groups is 1. The number of anilines is 1.